The van der Waals surface area contributed by atoms with Gasteiger partial charge in [0.15, 0.2) is 5.82 Å². The molecule has 0 saturated heterocycles. The number of benzene rings is 1. The normalized spacial score (nSPS) is 11.6. The molecule has 1 aromatic carbocycles. The van der Waals surface area contributed by atoms with Crippen LogP contribution in [-0.2, 0) is 23.6 Å². The van der Waals surface area contributed by atoms with Crippen LogP contribution >= 0.6 is 0 Å². The SMILES string of the molecule is CNCc1ccc(C)c(S(=O)(=O)Nc2ccn(C)n2)c1. The Labute approximate surface area is 118 Å². The molecule has 0 radical (unpaired) electrons. The van der Waals surface area contributed by atoms with Crippen LogP contribution in [-0.4, -0.2) is 25.2 Å². The molecular weight excluding hydrogens is 276 g/mol. The monoisotopic (exact) mass is 294 g/mol. The zero-order valence-corrected chi connectivity index (χ0v) is 12.5. The minimum absolute atomic E-state index is 0.274. The molecule has 2 aromatic rings. The highest BCUT2D eigenvalue weighted by molar-refractivity contribution is 7.92. The molecule has 2 N–H and O–H groups in total. The largest absolute Gasteiger partial charge is 0.316 e. The van der Waals surface area contributed by atoms with Crippen LogP contribution in [0.25, 0.3) is 0 Å². The van der Waals surface area contributed by atoms with Gasteiger partial charge in [0.1, 0.15) is 0 Å². The van der Waals surface area contributed by atoms with Gasteiger partial charge in [-0.1, -0.05) is 12.1 Å². The zero-order valence-electron chi connectivity index (χ0n) is 11.7. The fraction of sp³-hybridized carbons (Fsp3) is 0.308. The molecule has 0 bridgehead atoms. The van der Waals surface area contributed by atoms with E-state index in [1.807, 2.05) is 13.1 Å². The van der Waals surface area contributed by atoms with Gasteiger partial charge in [-0.25, -0.2) is 8.42 Å². The van der Waals surface area contributed by atoms with Crippen molar-refractivity contribution in [2.45, 2.75) is 18.4 Å². The van der Waals surface area contributed by atoms with E-state index in [1.165, 1.54) is 0 Å². The molecular formula is C13H18N4O2S. The Morgan fingerprint density at radius 3 is 2.65 bits per heavy atom. The molecule has 1 heterocycles. The number of aromatic nitrogens is 2. The van der Waals surface area contributed by atoms with Gasteiger partial charge in [-0.2, -0.15) is 5.10 Å². The Morgan fingerprint density at radius 2 is 2.05 bits per heavy atom. The highest BCUT2D eigenvalue weighted by atomic mass is 32.2. The van der Waals surface area contributed by atoms with Crippen LogP contribution in [0, 0.1) is 6.92 Å². The predicted molar refractivity (Wildman–Crippen MR) is 78.0 cm³/mol. The van der Waals surface area contributed by atoms with Gasteiger partial charge in [-0.3, -0.25) is 9.40 Å². The van der Waals surface area contributed by atoms with E-state index in [1.54, 1.807) is 43.0 Å². The maximum Gasteiger partial charge on any atom is 0.263 e. The first kappa shape index (κ1) is 14.5. The second-order valence-corrected chi connectivity index (χ2v) is 6.26. The van der Waals surface area contributed by atoms with Gasteiger partial charge in [0.2, 0.25) is 0 Å². The minimum Gasteiger partial charge on any atom is -0.316 e. The number of anilines is 1. The Hall–Kier alpha value is -1.86. The smallest absolute Gasteiger partial charge is 0.263 e. The fourth-order valence-electron chi connectivity index (χ4n) is 1.91. The summed E-state index contributed by atoms with van der Waals surface area (Å²) in [5.41, 5.74) is 1.62. The van der Waals surface area contributed by atoms with Crippen molar-refractivity contribution >= 4 is 15.8 Å². The molecule has 0 amide bonds. The van der Waals surface area contributed by atoms with Crippen LogP contribution in [0.15, 0.2) is 35.4 Å². The van der Waals surface area contributed by atoms with Crippen molar-refractivity contribution in [3.63, 3.8) is 0 Å². The summed E-state index contributed by atoms with van der Waals surface area (Å²) >= 11 is 0. The Kier molecular flexibility index (Phi) is 4.10. The van der Waals surface area contributed by atoms with Crippen molar-refractivity contribution in [1.82, 2.24) is 15.1 Å². The second kappa shape index (κ2) is 5.64. The Bertz CT molecular complexity index is 707. The standard InChI is InChI=1S/C13H18N4O2S/c1-10-4-5-11(9-14-2)8-12(10)20(18,19)16-13-6-7-17(3)15-13/h4-8,14H,9H2,1-3H3,(H,15,16). The molecule has 6 nitrogen and oxygen atoms in total. The number of rotatable bonds is 5. The molecule has 7 heteroatoms. The van der Waals surface area contributed by atoms with Crippen molar-refractivity contribution in [1.29, 1.82) is 0 Å². The molecule has 108 valence electrons. The van der Waals surface area contributed by atoms with Gasteiger partial charge in [-0.05, 0) is 31.2 Å². The number of nitrogens with zero attached hydrogens (tertiary/aromatic N) is 2. The fourth-order valence-corrected chi connectivity index (χ4v) is 3.20. The maximum absolute atomic E-state index is 12.4. The maximum atomic E-state index is 12.4. The van der Waals surface area contributed by atoms with E-state index >= 15 is 0 Å². The van der Waals surface area contributed by atoms with E-state index in [2.05, 4.69) is 15.1 Å². The lowest BCUT2D eigenvalue weighted by molar-refractivity contribution is 0.600. The average molecular weight is 294 g/mol. The molecule has 1 aromatic heterocycles. The van der Waals surface area contributed by atoms with Crippen LogP contribution in [0.4, 0.5) is 5.82 Å². The van der Waals surface area contributed by atoms with Crippen LogP contribution in [0.1, 0.15) is 11.1 Å². The van der Waals surface area contributed by atoms with Crippen molar-refractivity contribution in [3.8, 4) is 0 Å². The minimum atomic E-state index is -3.63. The molecule has 2 rings (SSSR count). The first-order valence-electron chi connectivity index (χ1n) is 6.19. The summed E-state index contributed by atoms with van der Waals surface area (Å²) in [7, 11) is -0.0728. The van der Waals surface area contributed by atoms with E-state index in [0.29, 0.717) is 17.9 Å². The Balaban J connectivity index is 2.35. The van der Waals surface area contributed by atoms with Crippen LogP contribution in [0.3, 0.4) is 0 Å². The van der Waals surface area contributed by atoms with Crippen LogP contribution < -0.4 is 10.0 Å². The third-order valence-corrected chi connectivity index (χ3v) is 4.37. The van der Waals surface area contributed by atoms with Gasteiger partial charge in [0, 0.05) is 25.9 Å². The van der Waals surface area contributed by atoms with Gasteiger partial charge < -0.3 is 5.32 Å². The third kappa shape index (κ3) is 3.17. The van der Waals surface area contributed by atoms with Crippen molar-refractivity contribution < 1.29 is 8.42 Å². The predicted octanol–water partition coefficient (Wildman–Crippen LogP) is 1.25. The number of hydrogen-bond acceptors (Lipinski definition) is 4. The van der Waals surface area contributed by atoms with Crippen molar-refractivity contribution in [2.24, 2.45) is 7.05 Å². The molecule has 0 aliphatic heterocycles. The number of nitrogens with one attached hydrogen (secondary N) is 2. The Morgan fingerprint density at radius 1 is 1.30 bits per heavy atom. The van der Waals surface area contributed by atoms with Crippen LogP contribution in [0.2, 0.25) is 0 Å². The molecule has 0 fully saturated rings. The van der Waals surface area contributed by atoms with E-state index in [0.717, 1.165) is 5.56 Å². The first-order valence-corrected chi connectivity index (χ1v) is 7.67. The van der Waals surface area contributed by atoms with Gasteiger partial charge in [-0.15, -0.1) is 0 Å². The van der Waals surface area contributed by atoms with Crippen LogP contribution in [0.5, 0.6) is 0 Å². The summed E-state index contributed by atoms with van der Waals surface area (Å²) in [6.45, 7) is 2.39. The van der Waals surface area contributed by atoms with E-state index in [-0.39, 0.29) is 4.90 Å². The highest BCUT2D eigenvalue weighted by Gasteiger charge is 2.18. The summed E-state index contributed by atoms with van der Waals surface area (Å²) in [4.78, 5) is 0.274. The summed E-state index contributed by atoms with van der Waals surface area (Å²) in [5, 5.41) is 7.03. The number of hydrogen-bond donors (Lipinski definition) is 2. The summed E-state index contributed by atoms with van der Waals surface area (Å²) in [5.74, 6) is 0.311. The van der Waals surface area contributed by atoms with Gasteiger partial charge >= 0.3 is 0 Å². The first-order chi connectivity index (χ1) is 9.42. The number of aryl methyl sites for hydroxylation is 2. The second-order valence-electron chi connectivity index (χ2n) is 4.61. The molecule has 0 unspecified atom stereocenters. The number of sulfonamides is 1. The lowest BCUT2D eigenvalue weighted by Crippen LogP contribution is -2.16. The highest BCUT2D eigenvalue weighted by Crippen LogP contribution is 2.20. The summed E-state index contributed by atoms with van der Waals surface area (Å²) in [6.07, 6.45) is 1.68. The van der Waals surface area contributed by atoms with Gasteiger partial charge in [0.25, 0.3) is 10.0 Å². The molecule has 0 aliphatic rings. The quantitative estimate of drug-likeness (QED) is 0.870. The third-order valence-electron chi connectivity index (χ3n) is 2.88. The average Bonchev–Trinajstić information content (AvgIpc) is 2.76. The molecule has 0 spiro atoms. The molecule has 0 aliphatic carbocycles. The zero-order chi connectivity index (χ0) is 14.8. The summed E-state index contributed by atoms with van der Waals surface area (Å²) in [6, 6.07) is 7.01. The molecule has 0 saturated carbocycles. The van der Waals surface area contributed by atoms with Crippen molar-refractivity contribution in [2.75, 3.05) is 11.8 Å². The molecule has 20 heavy (non-hydrogen) atoms. The van der Waals surface area contributed by atoms with Gasteiger partial charge in [0.05, 0.1) is 4.90 Å². The van der Waals surface area contributed by atoms with E-state index < -0.39 is 10.0 Å². The van der Waals surface area contributed by atoms with E-state index in [9.17, 15) is 8.42 Å². The topological polar surface area (TPSA) is 76.0 Å². The summed E-state index contributed by atoms with van der Waals surface area (Å²) < 4.78 is 28.8. The van der Waals surface area contributed by atoms with E-state index in [4.69, 9.17) is 0 Å². The molecule has 0 atom stereocenters. The van der Waals surface area contributed by atoms with Crippen molar-refractivity contribution in [3.05, 3.63) is 41.6 Å². The lowest BCUT2D eigenvalue weighted by Gasteiger charge is -2.10. The lowest BCUT2D eigenvalue weighted by atomic mass is 10.1.